The zero-order chi connectivity index (χ0) is 12.9. The standard InChI is InChI=1S/C10H12F3NO2S/c11-10(12,13)7-14(3-4-15)9(16)6-8-2-1-5-17-8/h1-2,5,15H,3-4,6-7H2. The van der Waals surface area contributed by atoms with Gasteiger partial charge in [-0.2, -0.15) is 13.2 Å². The first-order valence-corrected chi connectivity index (χ1v) is 5.78. The van der Waals surface area contributed by atoms with Gasteiger partial charge in [-0.15, -0.1) is 11.3 Å². The number of hydrogen-bond donors (Lipinski definition) is 1. The average Bonchev–Trinajstić information content (AvgIpc) is 2.67. The minimum absolute atomic E-state index is 0.0618. The van der Waals surface area contributed by atoms with Crippen molar-refractivity contribution < 1.29 is 23.1 Å². The van der Waals surface area contributed by atoms with Gasteiger partial charge in [0.1, 0.15) is 6.54 Å². The number of thiophene rings is 1. The summed E-state index contributed by atoms with van der Waals surface area (Å²) in [7, 11) is 0. The van der Waals surface area contributed by atoms with Gasteiger partial charge in [0.15, 0.2) is 0 Å². The Bertz CT molecular complexity index is 351. The third-order valence-electron chi connectivity index (χ3n) is 2.00. The van der Waals surface area contributed by atoms with Crippen LogP contribution in [0.15, 0.2) is 17.5 Å². The molecule has 96 valence electrons. The molecule has 1 N–H and O–H groups in total. The Morgan fingerprint density at radius 3 is 2.65 bits per heavy atom. The van der Waals surface area contributed by atoms with E-state index < -0.39 is 25.2 Å². The third kappa shape index (κ3) is 5.18. The summed E-state index contributed by atoms with van der Waals surface area (Å²) in [4.78, 5) is 12.9. The largest absolute Gasteiger partial charge is 0.406 e. The molecule has 0 aliphatic rings. The number of halogens is 3. The molecule has 0 aliphatic carbocycles. The number of nitrogens with zero attached hydrogens (tertiary/aromatic N) is 1. The molecule has 0 aliphatic heterocycles. The molecule has 0 fully saturated rings. The van der Waals surface area contributed by atoms with E-state index in [1.54, 1.807) is 17.5 Å². The number of aliphatic hydroxyl groups is 1. The zero-order valence-corrected chi connectivity index (χ0v) is 9.72. The van der Waals surface area contributed by atoms with Crippen LogP contribution >= 0.6 is 11.3 Å². The van der Waals surface area contributed by atoms with Gasteiger partial charge in [0.2, 0.25) is 5.91 Å². The predicted octanol–water partition coefficient (Wildman–Crippen LogP) is 1.67. The summed E-state index contributed by atoms with van der Waals surface area (Å²) in [5.74, 6) is -0.626. The second-order valence-electron chi connectivity index (χ2n) is 3.41. The van der Waals surface area contributed by atoms with Gasteiger partial charge in [-0.1, -0.05) is 6.07 Å². The van der Waals surface area contributed by atoms with Crippen LogP contribution in [0.1, 0.15) is 4.88 Å². The number of alkyl halides is 3. The predicted molar refractivity (Wildman–Crippen MR) is 57.7 cm³/mol. The molecule has 0 saturated heterocycles. The quantitative estimate of drug-likeness (QED) is 0.881. The van der Waals surface area contributed by atoms with Crippen molar-refractivity contribution in [3.63, 3.8) is 0 Å². The zero-order valence-electron chi connectivity index (χ0n) is 8.91. The Kier molecular flexibility index (Phi) is 4.95. The van der Waals surface area contributed by atoms with Crippen molar-refractivity contribution in [1.29, 1.82) is 0 Å². The van der Waals surface area contributed by atoms with Gasteiger partial charge < -0.3 is 10.0 Å². The fraction of sp³-hybridized carbons (Fsp3) is 0.500. The highest BCUT2D eigenvalue weighted by Crippen LogP contribution is 2.18. The molecule has 1 aromatic rings. The van der Waals surface area contributed by atoms with Crippen molar-refractivity contribution in [2.45, 2.75) is 12.6 Å². The second kappa shape index (κ2) is 6.02. The van der Waals surface area contributed by atoms with E-state index in [1.165, 1.54) is 11.3 Å². The van der Waals surface area contributed by atoms with E-state index in [9.17, 15) is 18.0 Å². The molecule has 0 spiro atoms. The lowest BCUT2D eigenvalue weighted by atomic mass is 10.3. The maximum absolute atomic E-state index is 12.2. The molecule has 7 heteroatoms. The van der Waals surface area contributed by atoms with Crippen LogP contribution in [-0.2, 0) is 11.2 Å². The summed E-state index contributed by atoms with van der Waals surface area (Å²) in [6, 6.07) is 3.42. The highest BCUT2D eigenvalue weighted by Gasteiger charge is 2.32. The minimum atomic E-state index is -4.44. The summed E-state index contributed by atoms with van der Waals surface area (Å²) in [5, 5.41) is 10.4. The van der Waals surface area contributed by atoms with Gasteiger partial charge in [0, 0.05) is 11.4 Å². The van der Waals surface area contributed by atoms with Crippen molar-refractivity contribution >= 4 is 17.2 Å². The first-order valence-electron chi connectivity index (χ1n) is 4.90. The minimum Gasteiger partial charge on any atom is -0.395 e. The van der Waals surface area contributed by atoms with Crippen molar-refractivity contribution in [2.75, 3.05) is 19.7 Å². The van der Waals surface area contributed by atoms with E-state index in [0.29, 0.717) is 9.78 Å². The molecular formula is C10H12F3NO2S. The van der Waals surface area contributed by atoms with Crippen molar-refractivity contribution in [3.8, 4) is 0 Å². The topological polar surface area (TPSA) is 40.5 Å². The highest BCUT2D eigenvalue weighted by molar-refractivity contribution is 7.10. The number of amides is 1. The lowest BCUT2D eigenvalue weighted by molar-refractivity contribution is -0.161. The van der Waals surface area contributed by atoms with Gasteiger partial charge in [-0.05, 0) is 11.4 Å². The van der Waals surface area contributed by atoms with Crippen LogP contribution in [0, 0.1) is 0 Å². The normalized spacial score (nSPS) is 11.5. The number of carbonyl (C=O) groups excluding carboxylic acids is 1. The van der Waals surface area contributed by atoms with Crippen molar-refractivity contribution in [2.24, 2.45) is 0 Å². The van der Waals surface area contributed by atoms with Crippen LogP contribution < -0.4 is 0 Å². The highest BCUT2D eigenvalue weighted by atomic mass is 32.1. The average molecular weight is 267 g/mol. The maximum atomic E-state index is 12.2. The monoisotopic (exact) mass is 267 g/mol. The van der Waals surface area contributed by atoms with E-state index in [4.69, 9.17) is 5.11 Å². The molecule has 3 nitrogen and oxygen atoms in total. The summed E-state index contributed by atoms with van der Waals surface area (Å²) in [6.45, 7) is -2.10. The third-order valence-corrected chi connectivity index (χ3v) is 2.87. The molecule has 0 saturated carbocycles. The number of rotatable bonds is 5. The van der Waals surface area contributed by atoms with Gasteiger partial charge in [-0.25, -0.2) is 0 Å². The van der Waals surface area contributed by atoms with Gasteiger partial charge in [0.25, 0.3) is 0 Å². The Morgan fingerprint density at radius 1 is 1.47 bits per heavy atom. The molecular weight excluding hydrogens is 255 g/mol. The van der Waals surface area contributed by atoms with Crippen molar-refractivity contribution in [1.82, 2.24) is 4.90 Å². The molecule has 0 atom stereocenters. The first kappa shape index (κ1) is 14.0. The molecule has 0 aromatic carbocycles. The van der Waals surface area contributed by atoms with Crippen LogP contribution in [0.5, 0.6) is 0 Å². The number of hydrogen-bond acceptors (Lipinski definition) is 3. The Morgan fingerprint density at radius 2 is 2.18 bits per heavy atom. The Balaban J connectivity index is 2.60. The molecule has 0 unspecified atom stereocenters. The fourth-order valence-electron chi connectivity index (χ4n) is 1.30. The molecule has 1 heterocycles. The van der Waals surface area contributed by atoms with Crippen LogP contribution in [-0.4, -0.2) is 41.8 Å². The van der Waals surface area contributed by atoms with Crippen molar-refractivity contribution in [3.05, 3.63) is 22.4 Å². The lowest BCUT2D eigenvalue weighted by Gasteiger charge is -2.22. The Hall–Kier alpha value is -1.08. The second-order valence-corrected chi connectivity index (χ2v) is 4.44. The van der Waals surface area contributed by atoms with Gasteiger partial charge in [-0.3, -0.25) is 4.79 Å². The smallest absolute Gasteiger partial charge is 0.395 e. The van der Waals surface area contributed by atoms with Crippen LogP contribution in [0.4, 0.5) is 13.2 Å². The van der Waals surface area contributed by atoms with E-state index in [1.807, 2.05) is 0 Å². The SMILES string of the molecule is O=C(Cc1cccs1)N(CCO)CC(F)(F)F. The molecule has 1 rings (SSSR count). The van der Waals surface area contributed by atoms with E-state index >= 15 is 0 Å². The lowest BCUT2D eigenvalue weighted by Crippen LogP contribution is -2.41. The van der Waals surface area contributed by atoms with E-state index in [0.717, 1.165) is 0 Å². The van der Waals surface area contributed by atoms with Gasteiger partial charge >= 0.3 is 6.18 Å². The molecule has 17 heavy (non-hydrogen) atoms. The molecule has 0 bridgehead atoms. The number of aliphatic hydroxyl groups excluding tert-OH is 1. The van der Waals surface area contributed by atoms with Gasteiger partial charge in [0.05, 0.1) is 13.0 Å². The molecule has 1 amide bonds. The van der Waals surface area contributed by atoms with Crippen LogP contribution in [0.3, 0.4) is 0 Å². The fourth-order valence-corrected chi connectivity index (χ4v) is 2.00. The van der Waals surface area contributed by atoms with Crippen LogP contribution in [0.2, 0.25) is 0 Å². The summed E-state index contributed by atoms with van der Waals surface area (Å²) in [5.41, 5.74) is 0. The molecule has 0 radical (unpaired) electrons. The first-order chi connectivity index (χ1) is 7.92. The maximum Gasteiger partial charge on any atom is 0.406 e. The Labute approximate surface area is 100 Å². The summed E-state index contributed by atoms with van der Waals surface area (Å²) in [6.07, 6.45) is -4.51. The van der Waals surface area contributed by atoms with E-state index in [-0.39, 0.29) is 13.0 Å². The summed E-state index contributed by atoms with van der Waals surface area (Å²) >= 11 is 1.31. The van der Waals surface area contributed by atoms with E-state index in [2.05, 4.69) is 0 Å². The van der Waals surface area contributed by atoms with Crippen LogP contribution in [0.25, 0.3) is 0 Å². The number of carbonyl (C=O) groups is 1. The summed E-state index contributed by atoms with van der Waals surface area (Å²) < 4.78 is 36.6. The molecule has 1 aromatic heterocycles.